The molecule has 1 aliphatic heterocycles. The summed E-state index contributed by atoms with van der Waals surface area (Å²) in [7, 11) is -3.60. The van der Waals surface area contributed by atoms with Crippen LogP contribution in [0.2, 0.25) is 0 Å². The average Bonchev–Trinajstić information content (AvgIpc) is 2.86. The quantitative estimate of drug-likeness (QED) is 0.588. The lowest BCUT2D eigenvalue weighted by Gasteiger charge is -2.29. The lowest BCUT2D eigenvalue weighted by molar-refractivity contribution is -0.122. The highest BCUT2D eigenvalue weighted by atomic mass is 32.2. The van der Waals surface area contributed by atoms with Gasteiger partial charge >= 0.3 is 0 Å². The summed E-state index contributed by atoms with van der Waals surface area (Å²) < 4.78 is 29.3. The fourth-order valence-electron chi connectivity index (χ4n) is 5.27. The van der Waals surface area contributed by atoms with E-state index >= 15 is 0 Å². The first-order chi connectivity index (χ1) is 16.8. The van der Waals surface area contributed by atoms with Crippen LogP contribution in [-0.2, 0) is 27.8 Å². The minimum atomic E-state index is -3.60. The van der Waals surface area contributed by atoms with E-state index in [9.17, 15) is 18.0 Å². The number of sulfonamides is 1. The monoisotopic (exact) mass is 493 g/mol. The second-order valence-corrected chi connectivity index (χ2v) is 11.7. The van der Waals surface area contributed by atoms with E-state index in [1.54, 1.807) is 28.6 Å². The Bertz CT molecular complexity index is 1420. The van der Waals surface area contributed by atoms with Crippen molar-refractivity contribution in [1.29, 1.82) is 0 Å². The van der Waals surface area contributed by atoms with Gasteiger partial charge in [-0.1, -0.05) is 31.2 Å². The van der Waals surface area contributed by atoms with Gasteiger partial charge in [-0.2, -0.15) is 4.31 Å². The van der Waals surface area contributed by atoms with Gasteiger partial charge in [0.05, 0.1) is 16.5 Å². The van der Waals surface area contributed by atoms with E-state index in [2.05, 4.69) is 24.4 Å². The highest BCUT2D eigenvalue weighted by molar-refractivity contribution is 7.89. The molecule has 1 fully saturated rings. The predicted molar refractivity (Wildman–Crippen MR) is 136 cm³/mol. The number of rotatable bonds is 5. The largest absolute Gasteiger partial charge is 0.348 e. The molecule has 2 aromatic carbocycles. The molecule has 35 heavy (non-hydrogen) atoms. The standard InChI is InChI=1S/C27H31N3O4S/c1-19-13-15-29(16-14-19)35(33,34)22-10-11-25-21(17-22)9-12-27(32)30(25)18-26(31)28-24-8-4-6-20-5-2-3-7-23(20)24/h2-3,5,7,9-12,17,19,24H,4,6,8,13-16,18H2,1H3,(H,28,31)/t24-/m0/s1. The second-order valence-electron chi connectivity index (χ2n) is 9.78. The average molecular weight is 494 g/mol. The number of nitrogens with zero attached hydrogens (tertiary/aromatic N) is 2. The van der Waals surface area contributed by atoms with Crippen LogP contribution in [0, 0.1) is 5.92 Å². The number of carbonyl (C=O) groups excluding carboxylic acids is 1. The van der Waals surface area contributed by atoms with Crippen molar-refractivity contribution in [3.63, 3.8) is 0 Å². The third kappa shape index (κ3) is 4.77. The first kappa shape index (κ1) is 23.8. The van der Waals surface area contributed by atoms with Crippen molar-refractivity contribution in [3.8, 4) is 0 Å². The molecule has 184 valence electrons. The number of nitrogens with one attached hydrogen (secondary N) is 1. The third-order valence-electron chi connectivity index (χ3n) is 7.35. The van der Waals surface area contributed by atoms with E-state index in [0.29, 0.717) is 29.9 Å². The smallest absolute Gasteiger partial charge is 0.251 e. The molecule has 0 bridgehead atoms. The summed E-state index contributed by atoms with van der Waals surface area (Å²) in [4.78, 5) is 25.9. The normalized spacial score (nSPS) is 19.4. The molecule has 1 aliphatic carbocycles. The SMILES string of the molecule is CC1CCN(S(=O)(=O)c2ccc3c(ccc(=O)n3CC(=O)N[C@H]3CCCc4ccccc43)c2)CC1. The summed E-state index contributed by atoms with van der Waals surface area (Å²) in [6, 6.07) is 15.9. The maximum Gasteiger partial charge on any atom is 0.251 e. The molecule has 1 N–H and O–H groups in total. The number of hydrogen-bond acceptors (Lipinski definition) is 4. The molecule has 5 rings (SSSR count). The van der Waals surface area contributed by atoms with E-state index in [0.717, 1.165) is 37.7 Å². The zero-order valence-electron chi connectivity index (χ0n) is 19.9. The van der Waals surface area contributed by atoms with Crippen LogP contribution in [-0.4, -0.2) is 36.3 Å². The molecule has 0 spiro atoms. The van der Waals surface area contributed by atoms with Gasteiger partial charge in [-0.15, -0.1) is 0 Å². The molecular formula is C27H31N3O4S. The molecule has 2 aliphatic rings. The topological polar surface area (TPSA) is 88.5 Å². The molecule has 7 nitrogen and oxygen atoms in total. The summed E-state index contributed by atoms with van der Waals surface area (Å²) in [6.07, 6.45) is 4.58. The number of benzene rings is 2. The van der Waals surface area contributed by atoms with Crippen molar-refractivity contribution in [1.82, 2.24) is 14.2 Å². The van der Waals surface area contributed by atoms with Crippen molar-refractivity contribution in [2.24, 2.45) is 5.92 Å². The highest BCUT2D eigenvalue weighted by Gasteiger charge is 2.28. The number of carbonyl (C=O) groups is 1. The van der Waals surface area contributed by atoms with E-state index in [4.69, 9.17) is 0 Å². The summed E-state index contributed by atoms with van der Waals surface area (Å²) >= 11 is 0. The van der Waals surface area contributed by atoms with E-state index < -0.39 is 10.0 Å². The molecule has 3 aromatic rings. The van der Waals surface area contributed by atoms with Gasteiger partial charge in [0.1, 0.15) is 6.54 Å². The Hall–Kier alpha value is -2.97. The van der Waals surface area contributed by atoms with Gasteiger partial charge in [-0.05, 0) is 78.8 Å². The molecule has 0 unspecified atom stereocenters. The lowest BCUT2D eigenvalue weighted by Crippen LogP contribution is -2.38. The summed E-state index contributed by atoms with van der Waals surface area (Å²) in [5.41, 5.74) is 2.64. The Morgan fingerprint density at radius 1 is 1.03 bits per heavy atom. The van der Waals surface area contributed by atoms with Gasteiger partial charge in [0.15, 0.2) is 0 Å². The number of piperidine rings is 1. The van der Waals surface area contributed by atoms with Crippen molar-refractivity contribution in [3.05, 3.63) is 76.1 Å². The van der Waals surface area contributed by atoms with Crippen LogP contribution in [0.5, 0.6) is 0 Å². The molecular weight excluding hydrogens is 462 g/mol. The van der Waals surface area contributed by atoms with Crippen LogP contribution in [0.4, 0.5) is 0 Å². The molecule has 1 saturated heterocycles. The Morgan fingerprint density at radius 3 is 2.60 bits per heavy atom. The number of fused-ring (bicyclic) bond motifs is 2. The maximum absolute atomic E-state index is 13.2. The van der Waals surface area contributed by atoms with Crippen molar-refractivity contribution >= 4 is 26.8 Å². The fourth-order valence-corrected chi connectivity index (χ4v) is 6.77. The summed E-state index contributed by atoms with van der Waals surface area (Å²) in [5, 5.41) is 3.71. The first-order valence-corrected chi connectivity index (χ1v) is 13.8. The molecule has 1 atom stereocenters. The Balaban J connectivity index is 1.39. The van der Waals surface area contributed by atoms with E-state index in [1.165, 1.54) is 16.2 Å². The van der Waals surface area contributed by atoms with Gasteiger partial charge in [0.2, 0.25) is 15.9 Å². The minimum absolute atomic E-state index is 0.0675. The molecule has 1 amide bonds. The molecule has 0 saturated carbocycles. The molecule has 8 heteroatoms. The Morgan fingerprint density at radius 2 is 1.80 bits per heavy atom. The zero-order chi connectivity index (χ0) is 24.6. The number of hydrogen-bond donors (Lipinski definition) is 1. The van der Waals surface area contributed by atoms with E-state index in [-0.39, 0.29) is 28.9 Å². The zero-order valence-corrected chi connectivity index (χ0v) is 20.8. The fraction of sp³-hybridized carbons (Fsp3) is 0.407. The van der Waals surface area contributed by atoms with Crippen LogP contribution < -0.4 is 10.9 Å². The van der Waals surface area contributed by atoms with Crippen LogP contribution >= 0.6 is 0 Å². The maximum atomic E-state index is 13.2. The van der Waals surface area contributed by atoms with Crippen molar-refractivity contribution in [2.45, 2.75) is 56.5 Å². The number of aryl methyl sites for hydroxylation is 1. The van der Waals surface area contributed by atoms with Crippen molar-refractivity contribution in [2.75, 3.05) is 13.1 Å². The van der Waals surface area contributed by atoms with Gasteiger partial charge in [0, 0.05) is 19.2 Å². The number of aromatic nitrogens is 1. The van der Waals surface area contributed by atoms with Crippen LogP contribution in [0.1, 0.15) is 49.8 Å². The van der Waals surface area contributed by atoms with Crippen molar-refractivity contribution < 1.29 is 13.2 Å². The van der Waals surface area contributed by atoms with Gasteiger partial charge in [-0.25, -0.2) is 8.42 Å². The third-order valence-corrected chi connectivity index (χ3v) is 9.24. The number of amides is 1. The number of pyridine rings is 1. The van der Waals surface area contributed by atoms with Crippen LogP contribution in [0.15, 0.2) is 64.3 Å². The first-order valence-electron chi connectivity index (χ1n) is 12.3. The predicted octanol–water partition coefficient (Wildman–Crippen LogP) is 3.62. The molecule has 0 radical (unpaired) electrons. The Kier molecular flexibility index (Phi) is 6.51. The Labute approximate surface area is 205 Å². The molecule has 2 heterocycles. The highest BCUT2D eigenvalue weighted by Crippen LogP contribution is 2.29. The lowest BCUT2D eigenvalue weighted by atomic mass is 9.88. The van der Waals surface area contributed by atoms with Gasteiger partial charge in [0.25, 0.3) is 5.56 Å². The minimum Gasteiger partial charge on any atom is -0.348 e. The van der Waals surface area contributed by atoms with Gasteiger partial charge in [-0.3, -0.25) is 14.2 Å². The summed E-state index contributed by atoms with van der Waals surface area (Å²) in [5.74, 6) is 0.293. The van der Waals surface area contributed by atoms with Crippen LogP contribution in [0.25, 0.3) is 10.9 Å². The van der Waals surface area contributed by atoms with Gasteiger partial charge < -0.3 is 5.32 Å². The summed E-state index contributed by atoms with van der Waals surface area (Å²) in [6.45, 7) is 3.06. The van der Waals surface area contributed by atoms with E-state index in [1.807, 2.05) is 12.1 Å². The second kappa shape index (κ2) is 9.59. The molecule has 1 aromatic heterocycles. The van der Waals surface area contributed by atoms with Crippen LogP contribution in [0.3, 0.4) is 0 Å².